The number of ether oxygens (including phenoxy) is 1. The number of aromatic amines is 1. The van der Waals surface area contributed by atoms with Gasteiger partial charge in [0.2, 0.25) is 11.7 Å². The van der Waals surface area contributed by atoms with Crippen molar-refractivity contribution in [2.45, 2.75) is 26.5 Å². The molecular formula is C15H16BrN5O3. The molecule has 1 N–H and O–H groups in total. The van der Waals surface area contributed by atoms with Crippen LogP contribution in [0.4, 0.5) is 0 Å². The molecule has 1 atom stereocenters. The van der Waals surface area contributed by atoms with Crippen molar-refractivity contribution in [1.82, 2.24) is 24.9 Å². The van der Waals surface area contributed by atoms with Crippen molar-refractivity contribution in [3.8, 4) is 5.75 Å². The summed E-state index contributed by atoms with van der Waals surface area (Å²) in [5.74, 6) is 1.61. The summed E-state index contributed by atoms with van der Waals surface area (Å²) < 4.78 is 13.5. The van der Waals surface area contributed by atoms with Crippen molar-refractivity contribution in [2.75, 3.05) is 0 Å². The summed E-state index contributed by atoms with van der Waals surface area (Å²) in [4.78, 5) is 15.8. The van der Waals surface area contributed by atoms with E-state index in [4.69, 9.17) is 9.26 Å². The first-order chi connectivity index (χ1) is 11.5. The molecule has 0 saturated carbocycles. The predicted molar refractivity (Wildman–Crippen MR) is 88.6 cm³/mol. The lowest BCUT2D eigenvalue weighted by Gasteiger charge is -2.19. The highest BCUT2D eigenvalue weighted by Crippen LogP contribution is 2.27. The first-order valence-corrected chi connectivity index (χ1v) is 8.16. The summed E-state index contributed by atoms with van der Waals surface area (Å²) in [6.45, 7) is 4.19. The SMILES string of the molecule is CC(C)C(Oc1ccc(Br)cc1)c1noc(Cn2cn[nH]c2=O)n1. The normalized spacial score (nSPS) is 12.5. The second-order valence-corrected chi connectivity index (χ2v) is 6.49. The highest BCUT2D eigenvalue weighted by Gasteiger charge is 2.24. The second-order valence-electron chi connectivity index (χ2n) is 5.57. The van der Waals surface area contributed by atoms with Gasteiger partial charge in [-0.2, -0.15) is 10.1 Å². The van der Waals surface area contributed by atoms with Crippen LogP contribution >= 0.6 is 15.9 Å². The molecule has 0 radical (unpaired) electrons. The molecule has 0 aliphatic rings. The smallest absolute Gasteiger partial charge is 0.343 e. The number of benzene rings is 1. The second kappa shape index (κ2) is 7.00. The van der Waals surface area contributed by atoms with Crippen LogP contribution in [0.5, 0.6) is 5.75 Å². The molecule has 0 saturated heterocycles. The number of nitrogens with zero attached hydrogens (tertiary/aromatic N) is 4. The molecule has 1 aromatic carbocycles. The highest BCUT2D eigenvalue weighted by molar-refractivity contribution is 9.10. The number of hydrogen-bond acceptors (Lipinski definition) is 6. The number of nitrogens with one attached hydrogen (secondary N) is 1. The van der Waals surface area contributed by atoms with E-state index >= 15 is 0 Å². The van der Waals surface area contributed by atoms with E-state index in [2.05, 4.69) is 36.3 Å². The monoisotopic (exact) mass is 393 g/mol. The van der Waals surface area contributed by atoms with Gasteiger partial charge in [0.1, 0.15) is 18.6 Å². The average Bonchev–Trinajstić information content (AvgIpc) is 3.17. The van der Waals surface area contributed by atoms with Crippen LogP contribution in [0.1, 0.15) is 31.7 Å². The van der Waals surface area contributed by atoms with E-state index in [0.717, 1.165) is 4.47 Å². The third-order valence-electron chi connectivity index (χ3n) is 3.34. The first-order valence-electron chi connectivity index (χ1n) is 7.37. The Morgan fingerprint density at radius 2 is 2.08 bits per heavy atom. The summed E-state index contributed by atoms with van der Waals surface area (Å²) >= 11 is 3.39. The van der Waals surface area contributed by atoms with E-state index in [1.165, 1.54) is 10.9 Å². The molecule has 0 amide bonds. The zero-order chi connectivity index (χ0) is 17.1. The molecule has 0 aliphatic heterocycles. The van der Waals surface area contributed by atoms with Crippen LogP contribution in [0, 0.1) is 5.92 Å². The van der Waals surface area contributed by atoms with Gasteiger partial charge in [0, 0.05) is 4.47 Å². The van der Waals surface area contributed by atoms with Crippen LogP contribution in [0.25, 0.3) is 0 Å². The van der Waals surface area contributed by atoms with Gasteiger partial charge < -0.3 is 9.26 Å². The largest absolute Gasteiger partial charge is 0.482 e. The zero-order valence-corrected chi connectivity index (χ0v) is 14.7. The Bertz CT molecular complexity index is 852. The summed E-state index contributed by atoms with van der Waals surface area (Å²) in [7, 11) is 0. The van der Waals surface area contributed by atoms with E-state index in [1.54, 1.807) is 0 Å². The molecule has 2 heterocycles. The molecule has 3 aromatic rings. The number of H-pyrrole nitrogens is 1. The van der Waals surface area contributed by atoms with E-state index in [0.29, 0.717) is 17.5 Å². The van der Waals surface area contributed by atoms with Gasteiger partial charge in [-0.25, -0.2) is 9.89 Å². The molecule has 3 rings (SSSR count). The standard InChI is InChI=1S/C15H16BrN5O3/c1-9(2)13(23-11-5-3-10(16)4-6-11)14-18-12(24-20-14)7-21-8-17-19-15(21)22/h3-6,8-9,13H,7H2,1-2H3,(H,19,22). The Kier molecular flexibility index (Phi) is 4.79. The minimum Gasteiger partial charge on any atom is -0.482 e. The van der Waals surface area contributed by atoms with Gasteiger partial charge in [0.05, 0.1) is 0 Å². The number of hydrogen-bond donors (Lipinski definition) is 1. The van der Waals surface area contributed by atoms with Gasteiger partial charge in [-0.1, -0.05) is 34.9 Å². The summed E-state index contributed by atoms with van der Waals surface area (Å²) in [5, 5.41) is 9.97. The van der Waals surface area contributed by atoms with Gasteiger partial charge in [0.25, 0.3) is 0 Å². The molecule has 126 valence electrons. The van der Waals surface area contributed by atoms with Crippen molar-refractivity contribution >= 4 is 15.9 Å². The van der Waals surface area contributed by atoms with Gasteiger partial charge >= 0.3 is 5.69 Å². The predicted octanol–water partition coefficient (Wildman–Crippen LogP) is 2.54. The van der Waals surface area contributed by atoms with Gasteiger partial charge in [-0.15, -0.1) is 0 Å². The van der Waals surface area contributed by atoms with Crippen LogP contribution in [0.2, 0.25) is 0 Å². The maximum atomic E-state index is 11.5. The quantitative estimate of drug-likeness (QED) is 0.690. The van der Waals surface area contributed by atoms with Crippen molar-refractivity contribution in [3.63, 3.8) is 0 Å². The third kappa shape index (κ3) is 3.73. The van der Waals surface area contributed by atoms with Crippen molar-refractivity contribution in [1.29, 1.82) is 0 Å². The van der Waals surface area contributed by atoms with Gasteiger partial charge in [-0.05, 0) is 30.2 Å². The molecule has 8 nitrogen and oxygen atoms in total. The number of aromatic nitrogens is 5. The van der Waals surface area contributed by atoms with Crippen molar-refractivity contribution in [3.05, 3.63) is 57.3 Å². The molecule has 2 aromatic heterocycles. The topological polar surface area (TPSA) is 98.8 Å². The number of rotatable bonds is 6. The molecular weight excluding hydrogens is 378 g/mol. The lowest BCUT2D eigenvalue weighted by atomic mass is 10.1. The van der Waals surface area contributed by atoms with Crippen LogP contribution < -0.4 is 10.4 Å². The molecule has 0 fully saturated rings. The molecule has 0 bridgehead atoms. The van der Waals surface area contributed by atoms with Crippen molar-refractivity contribution < 1.29 is 9.26 Å². The van der Waals surface area contributed by atoms with E-state index in [1.807, 2.05) is 38.1 Å². The Balaban J connectivity index is 1.78. The van der Waals surface area contributed by atoms with E-state index in [-0.39, 0.29) is 24.3 Å². The third-order valence-corrected chi connectivity index (χ3v) is 3.87. The maximum Gasteiger partial charge on any atom is 0.343 e. The summed E-state index contributed by atoms with van der Waals surface area (Å²) in [6.07, 6.45) is 1.02. The Morgan fingerprint density at radius 1 is 1.33 bits per heavy atom. The minimum absolute atomic E-state index is 0.135. The van der Waals surface area contributed by atoms with E-state index in [9.17, 15) is 4.79 Å². The lowest BCUT2D eigenvalue weighted by molar-refractivity contribution is 0.141. The molecule has 0 spiro atoms. The fraction of sp³-hybridized carbons (Fsp3) is 0.333. The van der Waals surface area contributed by atoms with Crippen LogP contribution in [-0.4, -0.2) is 24.9 Å². The summed E-state index contributed by atoms with van der Waals surface area (Å²) in [6, 6.07) is 7.54. The summed E-state index contributed by atoms with van der Waals surface area (Å²) in [5.41, 5.74) is -0.332. The molecule has 1 unspecified atom stereocenters. The van der Waals surface area contributed by atoms with Crippen molar-refractivity contribution in [2.24, 2.45) is 5.92 Å². The number of halogens is 1. The van der Waals surface area contributed by atoms with E-state index < -0.39 is 0 Å². The highest BCUT2D eigenvalue weighted by atomic mass is 79.9. The molecule has 24 heavy (non-hydrogen) atoms. The molecule has 0 aliphatic carbocycles. The first kappa shape index (κ1) is 16.4. The average molecular weight is 394 g/mol. The minimum atomic E-state index is -0.357. The fourth-order valence-electron chi connectivity index (χ4n) is 2.12. The Morgan fingerprint density at radius 3 is 2.71 bits per heavy atom. The van der Waals surface area contributed by atoms with Gasteiger partial charge in [-0.3, -0.25) is 4.57 Å². The Labute approximate surface area is 146 Å². The maximum absolute atomic E-state index is 11.5. The Hall–Kier alpha value is -2.42. The fourth-order valence-corrected chi connectivity index (χ4v) is 2.39. The molecule has 9 heteroatoms. The lowest BCUT2D eigenvalue weighted by Crippen LogP contribution is -2.18. The van der Waals surface area contributed by atoms with Gasteiger partial charge in [0.15, 0.2) is 6.10 Å². The zero-order valence-electron chi connectivity index (χ0n) is 13.1. The van der Waals surface area contributed by atoms with Crippen LogP contribution in [0.3, 0.4) is 0 Å². The van der Waals surface area contributed by atoms with Crippen LogP contribution in [0.15, 0.2) is 44.4 Å². The van der Waals surface area contributed by atoms with Crippen LogP contribution in [-0.2, 0) is 6.54 Å².